The highest BCUT2D eigenvalue weighted by Gasteiger charge is 2.25. The van der Waals surface area contributed by atoms with E-state index in [1.54, 1.807) is 0 Å². The Kier molecular flexibility index (Phi) is 2.77. The Hall–Kier alpha value is -1.51. The molecular weight excluding hydrogens is 222 g/mol. The van der Waals surface area contributed by atoms with E-state index in [1.807, 2.05) is 4.40 Å². The molecule has 0 radical (unpaired) electrons. The maximum atomic E-state index is 6.28. The molecule has 0 aliphatic heterocycles. The largest absolute Gasteiger partial charge is 0.383 e. The summed E-state index contributed by atoms with van der Waals surface area (Å²) in [5.74, 6) is 2.19. The number of aryl methyl sites for hydroxylation is 1. The molecule has 0 spiro atoms. The molecule has 96 valence electrons. The standard InChI is InChI=1S/C15H21N3/c1-10-4-3-5-12(8-10)14-15(16)18-9-11(2)6-7-13(18)17-14/h6-7,9-10,12H,3-5,8,16H2,1-2H3. The van der Waals surface area contributed by atoms with E-state index in [0.29, 0.717) is 5.92 Å². The van der Waals surface area contributed by atoms with Crippen molar-refractivity contribution in [2.75, 3.05) is 5.73 Å². The number of anilines is 1. The molecule has 0 aromatic carbocycles. The Morgan fingerprint density at radius 3 is 2.94 bits per heavy atom. The van der Waals surface area contributed by atoms with Crippen molar-refractivity contribution in [3.05, 3.63) is 29.6 Å². The van der Waals surface area contributed by atoms with Crippen molar-refractivity contribution in [2.24, 2.45) is 5.92 Å². The summed E-state index contributed by atoms with van der Waals surface area (Å²) in [5, 5.41) is 0. The van der Waals surface area contributed by atoms with Crippen LogP contribution in [-0.4, -0.2) is 9.38 Å². The summed E-state index contributed by atoms with van der Waals surface area (Å²) in [7, 11) is 0. The smallest absolute Gasteiger partial charge is 0.138 e. The van der Waals surface area contributed by atoms with Crippen molar-refractivity contribution >= 4 is 11.5 Å². The summed E-state index contributed by atoms with van der Waals surface area (Å²) in [5.41, 5.74) is 9.60. The van der Waals surface area contributed by atoms with Crippen LogP contribution in [0, 0.1) is 12.8 Å². The second-order valence-electron chi connectivity index (χ2n) is 5.79. The average Bonchev–Trinajstić information content (AvgIpc) is 2.67. The fourth-order valence-corrected chi connectivity index (χ4v) is 3.17. The van der Waals surface area contributed by atoms with Crippen molar-refractivity contribution in [3.63, 3.8) is 0 Å². The van der Waals surface area contributed by atoms with Crippen LogP contribution in [-0.2, 0) is 0 Å². The maximum Gasteiger partial charge on any atom is 0.138 e. The first kappa shape index (κ1) is 11.6. The molecule has 1 aliphatic rings. The molecule has 2 aromatic heterocycles. The lowest BCUT2D eigenvalue weighted by Gasteiger charge is -2.25. The SMILES string of the molecule is Cc1ccc2nc(C3CCCC(C)C3)c(N)n2c1. The summed E-state index contributed by atoms with van der Waals surface area (Å²) >= 11 is 0. The highest BCUT2D eigenvalue weighted by molar-refractivity contribution is 5.54. The summed E-state index contributed by atoms with van der Waals surface area (Å²) in [6.07, 6.45) is 7.19. The normalized spacial score (nSPS) is 24.6. The van der Waals surface area contributed by atoms with Crippen LogP contribution < -0.4 is 5.73 Å². The second-order valence-corrected chi connectivity index (χ2v) is 5.79. The van der Waals surface area contributed by atoms with E-state index >= 15 is 0 Å². The summed E-state index contributed by atoms with van der Waals surface area (Å²) < 4.78 is 2.03. The van der Waals surface area contributed by atoms with Gasteiger partial charge in [0.1, 0.15) is 11.5 Å². The van der Waals surface area contributed by atoms with E-state index in [0.717, 1.165) is 23.1 Å². The molecular formula is C15H21N3. The van der Waals surface area contributed by atoms with Gasteiger partial charge in [-0.2, -0.15) is 0 Å². The van der Waals surface area contributed by atoms with Crippen LogP contribution >= 0.6 is 0 Å². The molecule has 18 heavy (non-hydrogen) atoms. The Balaban J connectivity index is 2.04. The number of aromatic nitrogens is 2. The minimum absolute atomic E-state index is 0.550. The molecule has 0 bridgehead atoms. The van der Waals surface area contributed by atoms with E-state index in [2.05, 4.69) is 32.2 Å². The number of hydrogen-bond donors (Lipinski definition) is 1. The highest BCUT2D eigenvalue weighted by Crippen LogP contribution is 2.37. The fourth-order valence-electron chi connectivity index (χ4n) is 3.17. The van der Waals surface area contributed by atoms with E-state index < -0.39 is 0 Å². The van der Waals surface area contributed by atoms with Crippen molar-refractivity contribution in [3.8, 4) is 0 Å². The molecule has 3 nitrogen and oxygen atoms in total. The lowest BCUT2D eigenvalue weighted by Crippen LogP contribution is -2.13. The number of nitrogens with zero attached hydrogens (tertiary/aromatic N) is 2. The van der Waals surface area contributed by atoms with Crippen molar-refractivity contribution in [1.82, 2.24) is 9.38 Å². The minimum Gasteiger partial charge on any atom is -0.383 e. The lowest BCUT2D eigenvalue weighted by atomic mass is 9.81. The number of nitrogens with two attached hydrogens (primary N) is 1. The number of hydrogen-bond acceptors (Lipinski definition) is 2. The van der Waals surface area contributed by atoms with Gasteiger partial charge in [0, 0.05) is 12.1 Å². The Bertz CT molecular complexity index is 570. The van der Waals surface area contributed by atoms with Crippen LogP contribution in [0.15, 0.2) is 18.3 Å². The molecule has 3 heteroatoms. The molecule has 2 heterocycles. The van der Waals surface area contributed by atoms with Gasteiger partial charge in [0.25, 0.3) is 0 Å². The quantitative estimate of drug-likeness (QED) is 0.832. The molecule has 2 aromatic rings. The first-order valence-electron chi connectivity index (χ1n) is 6.89. The molecule has 1 saturated carbocycles. The fraction of sp³-hybridized carbons (Fsp3) is 0.533. The average molecular weight is 243 g/mol. The number of rotatable bonds is 1. The van der Waals surface area contributed by atoms with Gasteiger partial charge in [-0.15, -0.1) is 0 Å². The number of nitrogen functional groups attached to an aromatic ring is 1. The Morgan fingerprint density at radius 2 is 2.17 bits per heavy atom. The summed E-state index contributed by atoms with van der Waals surface area (Å²) in [6.45, 7) is 4.42. The zero-order valence-electron chi connectivity index (χ0n) is 11.2. The van der Waals surface area contributed by atoms with Gasteiger partial charge < -0.3 is 5.73 Å². The summed E-state index contributed by atoms with van der Waals surface area (Å²) in [6, 6.07) is 4.15. The van der Waals surface area contributed by atoms with Gasteiger partial charge >= 0.3 is 0 Å². The zero-order chi connectivity index (χ0) is 12.7. The minimum atomic E-state index is 0.550. The van der Waals surface area contributed by atoms with Crippen LogP contribution in [0.5, 0.6) is 0 Å². The van der Waals surface area contributed by atoms with Crippen LogP contribution in [0.25, 0.3) is 5.65 Å². The molecule has 1 fully saturated rings. The van der Waals surface area contributed by atoms with Gasteiger partial charge in [0.05, 0.1) is 5.69 Å². The third kappa shape index (κ3) is 1.88. The third-order valence-corrected chi connectivity index (χ3v) is 4.15. The van der Waals surface area contributed by atoms with Crippen molar-refractivity contribution in [1.29, 1.82) is 0 Å². The van der Waals surface area contributed by atoms with E-state index in [4.69, 9.17) is 10.7 Å². The zero-order valence-corrected chi connectivity index (χ0v) is 11.2. The molecule has 0 amide bonds. The van der Waals surface area contributed by atoms with Crippen molar-refractivity contribution in [2.45, 2.75) is 45.4 Å². The third-order valence-electron chi connectivity index (χ3n) is 4.15. The first-order valence-corrected chi connectivity index (χ1v) is 6.89. The summed E-state index contributed by atoms with van der Waals surface area (Å²) in [4.78, 5) is 4.75. The van der Waals surface area contributed by atoms with Gasteiger partial charge in [-0.25, -0.2) is 4.98 Å². The Morgan fingerprint density at radius 1 is 1.33 bits per heavy atom. The van der Waals surface area contributed by atoms with Gasteiger partial charge in [-0.1, -0.05) is 25.8 Å². The van der Waals surface area contributed by atoms with Crippen LogP contribution in [0.2, 0.25) is 0 Å². The topological polar surface area (TPSA) is 43.3 Å². The predicted molar refractivity (Wildman–Crippen MR) is 74.7 cm³/mol. The van der Waals surface area contributed by atoms with E-state index in [-0.39, 0.29) is 0 Å². The molecule has 1 aliphatic carbocycles. The van der Waals surface area contributed by atoms with E-state index in [1.165, 1.54) is 31.2 Å². The van der Waals surface area contributed by atoms with Gasteiger partial charge in [-0.05, 0) is 37.3 Å². The second kappa shape index (κ2) is 4.30. The number of imidazole rings is 1. The van der Waals surface area contributed by atoms with Crippen LogP contribution in [0.3, 0.4) is 0 Å². The van der Waals surface area contributed by atoms with Crippen LogP contribution in [0.4, 0.5) is 5.82 Å². The molecule has 2 N–H and O–H groups in total. The monoisotopic (exact) mass is 243 g/mol. The first-order chi connectivity index (χ1) is 8.65. The molecule has 0 saturated heterocycles. The maximum absolute atomic E-state index is 6.28. The lowest BCUT2D eigenvalue weighted by molar-refractivity contribution is 0.341. The Labute approximate surface area is 108 Å². The molecule has 3 rings (SSSR count). The molecule has 2 unspecified atom stereocenters. The van der Waals surface area contributed by atoms with Gasteiger partial charge in [0.15, 0.2) is 0 Å². The van der Waals surface area contributed by atoms with Crippen molar-refractivity contribution < 1.29 is 0 Å². The van der Waals surface area contributed by atoms with E-state index in [9.17, 15) is 0 Å². The van der Waals surface area contributed by atoms with Gasteiger partial charge in [0.2, 0.25) is 0 Å². The number of fused-ring (bicyclic) bond motifs is 1. The highest BCUT2D eigenvalue weighted by atomic mass is 15.1. The molecule has 2 atom stereocenters. The van der Waals surface area contributed by atoms with Crippen LogP contribution in [0.1, 0.15) is 49.8 Å². The predicted octanol–water partition coefficient (Wildman–Crippen LogP) is 3.52. The van der Waals surface area contributed by atoms with Gasteiger partial charge in [-0.3, -0.25) is 4.40 Å². The number of pyridine rings is 1.